The summed E-state index contributed by atoms with van der Waals surface area (Å²) in [6, 6.07) is 76.6. The number of hydrogen-bond donors (Lipinski definition) is 0. The first-order valence-electron chi connectivity index (χ1n) is 17.4. The molecule has 0 aliphatic carbocycles. The minimum Gasteiger partial charge on any atom is -0.456 e. The molecule has 0 aliphatic rings. The standard InChI is InChI=1S/C48H35NOSi/c1-6-18-36(19-7-1)43-28-16-30-45-47(43)48-44(29-17-31-46(48)50-45)49(37-20-8-2-9-21-37)38-32-34-42(35-33-38)51(39-22-10-3-11-23-39,40-24-12-4-13-25-40)41-26-14-5-15-27-41/h1-35H. The van der Waals surface area contributed by atoms with Crippen LogP contribution in [0.1, 0.15) is 0 Å². The summed E-state index contributed by atoms with van der Waals surface area (Å²) in [4.78, 5) is 2.37. The normalized spacial score (nSPS) is 11.5. The zero-order valence-corrected chi connectivity index (χ0v) is 29.1. The molecule has 0 fully saturated rings. The van der Waals surface area contributed by atoms with Gasteiger partial charge in [0, 0.05) is 16.8 Å². The molecule has 0 atom stereocenters. The van der Waals surface area contributed by atoms with Gasteiger partial charge in [0.05, 0.1) is 11.1 Å². The first-order chi connectivity index (χ1) is 25.3. The first-order valence-corrected chi connectivity index (χ1v) is 19.4. The molecule has 2 nitrogen and oxygen atoms in total. The van der Waals surface area contributed by atoms with Gasteiger partial charge in [0.25, 0.3) is 0 Å². The minimum absolute atomic E-state index is 0.868. The highest BCUT2D eigenvalue weighted by Crippen LogP contribution is 2.45. The van der Waals surface area contributed by atoms with E-state index in [2.05, 4.69) is 217 Å². The molecular weight excluding hydrogens is 635 g/mol. The maximum absolute atomic E-state index is 6.57. The Hall–Kier alpha value is -6.42. The molecular formula is C48H35NOSi. The summed E-state index contributed by atoms with van der Waals surface area (Å²) in [5.41, 5.74) is 7.32. The summed E-state index contributed by atoms with van der Waals surface area (Å²) in [5.74, 6) is 0. The van der Waals surface area contributed by atoms with Gasteiger partial charge >= 0.3 is 0 Å². The van der Waals surface area contributed by atoms with Crippen molar-refractivity contribution in [3.8, 4) is 11.1 Å². The Kier molecular flexibility index (Phi) is 7.88. The number of rotatable bonds is 8. The van der Waals surface area contributed by atoms with Gasteiger partial charge in [0.2, 0.25) is 0 Å². The molecule has 3 heteroatoms. The number of hydrogen-bond acceptors (Lipinski definition) is 2. The van der Waals surface area contributed by atoms with Crippen molar-refractivity contribution in [2.45, 2.75) is 0 Å². The molecule has 0 saturated heterocycles. The lowest BCUT2D eigenvalue weighted by Crippen LogP contribution is -2.74. The molecule has 0 saturated carbocycles. The van der Waals surface area contributed by atoms with Gasteiger partial charge in [-0.25, -0.2) is 0 Å². The van der Waals surface area contributed by atoms with Crippen LogP contribution in [0.2, 0.25) is 0 Å². The van der Waals surface area contributed by atoms with Crippen LogP contribution in [0.4, 0.5) is 17.1 Å². The number of anilines is 3. The molecule has 8 aromatic carbocycles. The molecule has 0 spiro atoms. The summed E-state index contributed by atoms with van der Waals surface area (Å²) in [5, 5.41) is 7.63. The lowest BCUT2D eigenvalue weighted by molar-refractivity contribution is 0.669. The SMILES string of the molecule is c1ccc(-c2cccc3oc4cccc(N(c5ccccc5)c5ccc([Si](c6ccccc6)(c6ccccc6)c6ccccc6)cc5)c4c23)cc1. The number of benzene rings is 8. The lowest BCUT2D eigenvalue weighted by atomic mass is 9.98. The Labute approximate surface area is 299 Å². The Morgan fingerprint density at radius 2 is 0.765 bits per heavy atom. The van der Waals surface area contributed by atoms with Crippen LogP contribution in [0.5, 0.6) is 0 Å². The van der Waals surface area contributed by atoms with Crippen molar-refractivity contribution in [1.29, 1.82) is 0 Å². The highest BCUT2D eigenvalue weighted by molar-refractivity contribution is 7.19. The van der Waals surface area contributed by atoms with Crippen LogP contribution in [0.15, 0.2) is 217 Å². The van der Waals surface area contributed by atoms with Crippen LogP contribution >= 0.6 is 0 Å². The zero-order chi connectivity index (χ0) is 34.0. The van der Waals surface area contributed by atoms with Crippen LogP contribution in [0.3, 0.4) is 0 Å². The highest BCUT2D eigenvalue weighted by atomic mass is 28.3. The molecule has 9 aromatic rings. The Balaban J connectivity index is 1.28. The van der Waals surface area contributed by atoms with Gasteiger partial charge in [-0.05, 0) is 74.3 Å². The predicted molar refractivity (Wildman–Crippen MR) is 217 cm³/mol. The van der Waals surface area contributed by atoms with E-state index in [0.717, 1.165) is 44.6 Å². The molecule has 0 amide bonds. The van der Waals surface area contributed by atoms with E-state index in [1.165, 1.54) is 26.3 Å². The van der Waals surface area contributed by atoms with Crippen LogP contribution in [-0.2, 0) is 0 Å². The van der Waals surface area contributed by atoms with Gasteiger partial charge in [-0.1, -0.05) is 170 Å². The molecule has 0 radical (unpaired) electrons. The maximum Gasteiger partial charge on any atom is 0.179 e. The third kappa shape index (κ3) is 5.27. The van der Waals surface area contributed by atoms with Crippen molar-refractivity contribution in [1.82, 2.24) is 0 Å². The van der Waals surface area contributed by atoms with E-state index in [1.807, 2.05) is 0 Å². The third-order valence-corrected chi connectivity index (χ3v) is 14.8. The van der Waals surface area contributed by atoms with Gasteiger partial charge in [-0.15, -0.1) is 0 Å². The summed E-state index contributed by atoms with van der Waals surface area (Å²) in [6.45, 7) is 0. The molecule has 242 valence electrons. The Bertz CT molecular complexity index is 2450. The molecule has 51 heavy (non-hydrogen) atoms. The topological polar surface area (TPSA) is 16.4 Å². The van der Waals surface area contributed by atoms with Crippen LogP contribution < -0.4 is 25.6 Å². The molecule has 0 aliphatic heterocycles. The van der Waals surface area contributed by atoms with E-state index in [9.17, 15) is 0 Å². The van der Waals surface area contributed by atoms with Gasteiger partial charge in [-0.3, -0.25) is 0 Å². The molecule has 1 heterocycles. The van der Waals surface area contributed by atoms with Crippen molar-refractivity contribution in [2.24, 2.45) is 0 Å². The summed E-state index contributed by atoms with van der Waals surface area (Å²) < 4.78 is 6.57. The second-order valence-corrected chi connectivity index (χ2v) is 16.7. The molecule has 1 aromatic heterocycles. The fourth-order valence-corrected chi connectivity index (χ4v) is 12.6. The van der Waals surface area contributed by atoms with Gasteiger partial charge in [0.15, 0.2) is 8.07 Å². The molecule has 0 unspecified atom stereocenters. The maximum atomic E-state index is 6.57. The molecule has 0 bridgehead atoms. The van der Waals surface area contributed by atoms with Gasteiger partial charge in [0.1, 0.15) is 11.2 Å². The van der Waals surface area contributed by atoms with Crippen molar-refractivity contribution < 1.29 is 4.42 Å². The third-order valence-electron chi connectivity index (χ3n) is 10.0. The van der Waals surface area contributed by atoms with Crippen molar-refractivity contribution in [3.63, 3.8) is 0 Å². The molecule has 0 N–H and O–H groups in total. The van der Waals surface area contributed by atoms with E-state index >= 15 is 0 Å². The summed E-state index contributed by atoms with van der Waals surface area (Å²) in [6.07, 6.45) is 0. The minimum atomic E-state index is -2.66. The van der Waals surface area contributed by atoms with E-state index in [0.29, 0.717) is 0 Å². The zero-order valence-electron chi connectivity index (χ0n) is 28.1. The second kappa shape index (κ2) is 13.1. The largest absolute Gasteiger partial charge is 0.456 e. The number of para-hydroxylation sites is 1. The van der Waals surface area contributed by atoms with E-state index < -0.39 is 8.07 Å². The van der Waals surface area contributed by atoms with Crippen LogP contribution in [0.25, 0.3) is 33.1 Å². The van der Waals surface area contributed by atoms with E-state index in [-0.39, 0.29) is 0 Å². The van der Waals surface area contributed by atoms with Crippen molar-refractivity contribution >= 4 is 67.8 Å². The highest BCUT2D eigenvalue weighted by Gasteiger charge is 2.41. The average Bonchev–Trinajstić information content (AvgIpc) is 3.61. The number of furan rings is 1. The van der Waals surface area contributed by atoms with E-state index in [1.54, 1.807) is 0 Å². The summed E-state index contributed by atoms with van der Waals surface area (Å²) >= 11 is 0. The van der Waals surface area contributed by atoms with Crippen LogP contribution in [-0.4, -0.2) is 8.07 Å². The Morgan fingerprint density at radius 3 is 1.31 bits per heavy atom. The van der Waals surface area contributed by atoms with E-state index in [4.69, 9.17) is 4.42 Å². The Morgan fingerprint density at radius 1 is 0.333 bits per heavy atom. The quantitative estimate of drug-likeness (QED) is 0.118. The fraction of sp³-hybridized carbons (Fsp3) is 0. The van der Waals surface area contributed by atoms with Crippen LogP contribution in [0, 0.1) is 0 Å². The summed E-state index contributed by atoms with van der Waals surface area (Å²) in [7, 11) is -2.66. The number of nitrogens with zero attached hydrogens (tertiary/aromatic N) is 1. The molecule has 9 rings (SSSR count). The van der Waals surface area contributed by atoms with Gasteiger partial charge < -0.3 is 9.32 Å². The van der Waals surface area contributed by atoms with Gasteiger partial charge in [-0.2, -0.15) is 0 Å². The smallest absolute Gasteiger partial charge is 0.179 e. The van der Waals surface area contributed by atoms with Crippen molar-refractivity contribution in [2.75, 3.05) is 4.90 Å². The van der Waals surface area contributed by atoms with Crippen molar-refractivity contribution in [3.05, 3.63) is 212 Å². The average molecular weight is 670 g/mol. The lowest BCUT2D eigenvalue weighted by Gasteiger charge is -2.35. The predicted octanol–water partition coefficient (Wildman–Crippen LogP) is 10.1. The first kappa shape index (κ1) is 30.6. The number of fused-ring (bicyclic) bond motifs is 3. The monoisotopic (exact) mass is 669 g/mol. The fourth-order valence-electron chi connectivity index (χ4n) is 7.82. The second-order valence-electron chi connectivity index (χ2n) is 12.9.